The van der Waals surface area contributed by atoms with E-state index < -0.39 is 0 Å². The minimum atomic E-state index is 0.864. The first-order chi connectivity index (χ1) is 8.31. The fourth-order valence-corrected chi connectivity index (χ4v) is 1.96. The molecule has 1 aromatic carbocycles. The van der Waals surface area contributed by atoms with Gasteiger partial charge in [0, 0.05) is 18.8 Å². The topological polar surface area (TPSA) is 47.9 Å². The Balaban J connectivity index is 2.18. The van der Waals surface area contributed by atoms with Crippen LogP contribution in [0.25, 0.3) is 0 Å². The van der Waals surface area contributed by atoms with Crippen molar-refractivity contribution in [2.75, 3.05) is 18.0 Å². The van der Waals surface area contributed by atoms with E-state index in [1.54, 1.807) is 0 Å². The van der Waals surface area contributed by atoms with Gasteiger partial charge in [-0.05, 0) is 37.1 Å². The number of anilines is 1. The Labute approximate surface area is 101 Å². The highest BCUT2D eigenvalue weighted by molar-refractivity contribution is 5.65. The van der Waals surface area contributed by atoms with Gasteiger partial charge in [-0.2, -0.15) is 0 Å². The average Bonchev–Trinajstić information content (AvgIpc) is 2.38. The van der Waals surface area contributed by atoms with Gasteiger partial charge >= 0.3 is 0 Å². The van der Waals surface area contributed by atoms with Crippen LogP contribution in [-0.4, -0.2) is 24.6 Å². The molecule has 1 aliphatic heterocycles. The maximum atomic E-state index is 8.46. The van der Waals surface area contributed by atoms with Gasteiger partial charge < -0.3 is 4.90 Å². The second-order valence-electron chi connectivity index (χ2n) is 4.06. The van der Waals surface area contributed by atoms with Crippen molar-refractivity contribution in [3.05, 3.63) is 35.9 Å². The summed E-state index contributed by atoms with van der Waals surface area (Å²) < 4.78 is 0. The zero-order valence-corrected chi connectivity index (χ0v) is 9.93. The van der Waals surface area contributed by atoms with Gasteiger partial charge in [-0.1, -0.05) is 12.2 Å². The van der Waals surface area contributed by atoms with Crippen molar-refractivity contribution < 1.29 is 5.21 Å². The largest absolute Gasteiger partial charge is 0.367 e. The smallest absolute Gasteiger partial charge is 0.113 e. The highest BCUT2D eigenvalue weighted by Crippen LogP contribution is 2.25. The van der Waals surface area contributed by atoms with E-state index in [1.807, 2.05) is 18.5 Å². The molecule has 4 nitrogen and oxygen atoms in total. The molecule has 0 bridgehead atoms. The number of aryl methyl sites for hydroxylation is 1. The molecule has 1 aromatic rings. The number of hydrogen-bond donors (Lipinski definition) is 2. The van der Waals surface area contributed by atoms with Crippen LogP contribution in [0.4, 0.5) is 11.4 Å². The molecule has 0 unspecified atom stereocenters. The summed E-state index contributed by atoms with van der Waals surface area (Å²) in [5, 5.41) is 8.46. The first kappa shape index (κ1) is 11.7. The third kappa shape index (κ3) is 2.85. The first-order valence-electron chi connectivity index (χ1n) is 5.74. The number of hydrogen-bond acceptors (Lipinski definition) is 3. The van der Waals surface area contributed by atoms with Gasteiger partial charge in [0.1, 0.15) is 6.34 Å². The third-order valence-corrected chi connectivity index (χ3v) is 2.87. The summed E-state index contributed by atoms with van der Waals surface area (Å²) in [6.07, 6.45) is 6.79. The molecule has 4 heteroatoms. The molecule has 0 fully saturated rings. The summed E-state index contributed by atoms with van der Waals surface area (Å²) in [7, 11) is 0. The van der Waals surface area contributed by atoms with Crippen LogP contribution in [0.5, 0.6) is 0 Å². The summed E-state index contributed by atoms with van der Waals surface area (Å²) in [4.78, 5) is 6.43. The van der Waals surface area contributed by atoms with Crippen LogP contribution < -0.4 is 10.4 Å². The van der Waals surface area contributed by atoms with Crippen LogP contribution in [0.2, 0.25) is 0 Å². The predicted octanol–water partition coefficient (Wildman–Crippen LogP) is 2.40. The molecule has 17 heavy (non-hydrogen) atoms. The Morgan fingerprint density at radius 3 is 2.94 bits per heavy atom. The quantitative estimate of drug-likeness (QED) is 0.363. The monoisotopic (exact) mass is 231 g/mol. The number of hydroxylamine groups is 1. The number of rotatable bonds is 3. The van der Waals surface area contributed by atoms with Crippen LogP contribution in [0.1, 0.15) is 12.0 Å². The normalized spacial score (nSPS) is 15.5. The van der Waals surface area contributed by atoms with Gasteiger partial charge in [-0.25, -0.2) is 4.99 Å². The van der Waals surface area contributed by atoms with E-state index >= 15 is 0 Å². The van der Waals surface area contributed by atoms with Crippen molar-refractivity contribution in [1.29, 1.82) is 0 Å². The fourth-order valence-electron chi connectivity index (χ4n) is 1.96. The highest BCUT2D eigenvalue weighted by atomic mass is 16.5. The minimum absolute atomic E-state index is 0.864. The van der Waals surface area contributed by atoms with Crippen LogP contribution in [0.3, 0.4) is 0 Å². The number of benzene rings is 1. The van der Waals surface area contributed by atoms with Gasteiger partial charge in [0.25, 0.3) is 0 Å². The van der Waals surface area contributed by atoms with Gasteiger partial charge in [-0.3, -0.25) is 10.7 Å². The fraction of sp³-hybridized carbons (Fsp3) is 0.308. The molecule has 0 saturated carbocycles. The number of nitrogens with one attached hydrogen (secondary N) is 1. The van der Waals surface area contributed by atoms with Gasteiger partial charge in [0.15, 0.2) is 0 Å². The molecule has 2 N–H and O–H groups in total. The second-order valence-corrected chi connectivity index (χ2v) is 4.06. The van der Waals surface area contributed by atoms with Crippen LogP contribution >= 0.6 is 0 Å². The molecule has 0 amide bonds. The van der Waals surface area contributed by atoms with E-state index in [4.69, 9.17) is 5.21 Å². The summed E-state index contributed by atoms with van der Waals surface area (Å²) >= 11 is 0. The lowest BCUT2D eigenvalue weighted by atomic mass is 10.1. The van der Waals surface area contributed by atoms with E-state index in [0.717, 1.165) is 30.8 Å². The van der Waals surface area contributed by atoms with Crippen molar-refractivity contribution in [1.82, 2.24) is 5.48 Å². The van der Waals surface area contributed by atoms with E-state index in [2.05, 4.69) is 34.2 Å². The Kier molecular flexibility index (Phi) is 3.77. The Morgan fingerprint density at radius 2 is 2.29 bits per heavy atom. The zero-order valence-electron chi connectivity index (χ0n) is 9.93. The molecule has 1 heterocycles. The summed E-state index contributed by atoms with van der Waals surface area (Å²) in [6.45, 7) is 4.06. The lowest BCUT2D eigenvalue weighted by molar-refractivity contribution is 0.240. The molecule has 90 valence electrons. The molecule has 0 radical (unpaired) electrons. The molecule has 1 aliphatic rings. The SMILES string of the molecule is Cc1cc(N2CC=CCC2)ccc1N=CNO. The molecule has 0 aromatic heterocycles. The summed E-state index contributed by atoms with van der Waals surface area (Å²) in [6, 6.07) is 6.16. The van der Waals surface area contributed by atoms with Crippen LogP contribution in [-0.2, 0) is 0 Å². The number of nitrogens with zero attached hydrogens (tertiary/aromatic N) is 2. The van der Waals surface area contributed by atoms with E-state index in [9.17, 15) is 0 Å². The molecule has 0 saturated heterocycles. The Morgan fingerprint density at radius 1 is 1.41 bits per heavy atom. The maximum Gasteiger partial charge on any atom is 0.113 e. The van der Waals surface area contributed by atoms with Crippen molar-refractivity contribution in [2.24, 2.45) is 4.99 Å². The van der Waals surface area contributed by atoms with E-state index in [-0.39, 0.29) is 0 Å². The van der Waals surface area contributed by atoms with Crippen molar-refractivity contribution >= 4 is 17.7 Å². The van der Waals surface area contributed by atoms with Gasteiger partial charge in [0.05, 0.1) is 5.69 Å². The highest BCUT2D eigenvalue weighted by Gasteiger charge is 2.08. The lowest BCUT2D eigenvalue weighted by Gasteiger charge is -2.26. The van der Waals surface area contributed by atoms with E-state index in [0.29, 0.717) is 0 Å². The van der Waals surface area contributed by atoms with Gasteiger partial charge in [0.2, 0.25) is 0 Å². The zero-order chi connectivity index (χ0) is 12.1. The molecule has 2 rings (SSSR count). The van der Waals surface area contributed by atoms with Crippen LogP contribution in [0.15, 0.2) is 35.3 Å². The molecular formula is C13H17N3O. The van der Waals surface area contributed by atoms with Gasteiger partial charge in [-0.15, -0.1) is 0 Å². The Bertz CT molecular complexity index is 440. The first-order valence-corrected chi connectivity index (χ1v) is 5.74. The third-order valence-electron chi connectivity index (χ3n) is 2.87. The Hall–Kier alpha value is -1.81. The summed E-state index contributed by atoms with van der Waals surface area (Å²) in [5.74, 6) is 0. The molecular weight excluding hydrogens is 214 g/mol. The van der Waals surface area contributed by atoms with Crippen molar-refractivity contribution in [3.8, 4) is 0 Å². The van der Waals surface area contributed by atoms with Crippen molar-refractivity contribution in [2.45, 2.75) is 13.3 Å². The number of aliphatic imine (C=N–C) groups is 1. The standard InChI is InChI=1S/C13H17N3O/c1-11-9-12(16-7-3-2-4-8-16)5-6-13(11)14-10-15-17/h2-3,5-6,9-10,17H,4,7-8H2,1H3,(H,14,15). The molecule has 0 atom stereocenters. The average molecular weight is 231 g/mol. The minimum Gasteiger partial charge on any atom is -0.367 e. The molecule has 0 aliphatic carbocycles. The lowest BCUT2D eigenvalue weighted by Crippen LogP contribution is -2.26. The maximum absolute atomic E-state index is 8.46. The predicted molar refractivity (Wildman–Crippen MR) is 70.2 cm³/mol. The second kappa shape index (κ2) is 5.50. The van der Waals surface area contributed by atoms with Crippen LogP contribution in [0, 0.1) is 6.92 Å². The summed E-state index contributed by atoms with van der Waals surface area (Å²) in [5.41, 5.74) is 5.10. The van der Waals surface area contributed by atoms with E-state index in [1.165, 1.54) is 12.0 Å². The van der Waals surface area contributed by atoms with Crippen molar-refractivity contribution in [3.63, 3.8) is 0 Å². The molecule has 0 spiro atoms.